The standard InChI is InChI=1S/C18H25NO2/c20-18(21)13-15-11-16-8-9-17(12-15)19(16)10-4-7-14-5-2-1-3-6-14/h1-3,5-6,15-17H,4,7-13H2,(H,20,21). The summed E-state index contributed by atoms with van der Waals surface area (Å²) in [5.41, 5.74) is 1.42. The molecule has 2 saturated heterocycles. The van der Waals surface area contributed by atoms with Crippen molar-refractivity contribution in [3.05, 3.63) is 35.9 Å². The fourth-order valence-corrected chi connectivity index (χ4v) is 4.28. The van der Waals surface area contributed by atoms with Crippen molar-refractivity contribution in [2.45, 2.75) is 57.0 Å². The van der Waals surface area contributed by atoms with E-state index in [4.69, 9.17) is 5.11 Å². The van der Waals surface area contributed by atoms with Crippen LogP contribution in [0.25, 0.3) is 0 Å². The molecule has 0 radical (unpaired) electrons. The van der Waals surface area contributed by atoms with Crippen molar-refractivity contribution in [2.24, 2.45) is 5.92 Å². The molecule has 2 aliphatic rings. The van der Waals surface area contributed by atoms with Crippen LogP contribution < -0.4 is 0 Å². The summed E-state index contributed by atoms with van der Waals surface area (Å²) in [6.45, 7) is 1.17. The number of carboxylic acid groups (broad SMARTS) is 1. The Hall–Kier alpha value is -1.35. The number of nitrogens with zero attached hydrogens (tertiary/aromatic N) is 1. The molecule has 1 aromatic rings. The number of fused-ring (bicyclic) bond motifs is 2. The minimum Gasteiger partial charge on any atom is -0.481 e. The summed E-state index contributed by atoms with van der Waals surface area (Å²) in [7, 11) is 0. The maximum Gasteiger partial charge on any atom is 0.303 e. The molecule has 2 unspecified atom stereocenters. The fraction of sp³-hybridized carbons (Fsp3) is 0.611. The second-order valence-electron chi connectivity index (χ2n) is 6.65. The Labute approximate surface area is 127 Å². The zero-order valence-electron chi connectivity index (χ0n) is 12.6. The first kappa shape index (κ1) is 14.6. The zero-order valence-corrected chi connectivity index (χ0v) is 12.6. The second kappa shape index (κ2) is 6.61. The lowest BCUT2D eigenvalue weighted by Gasteiger charge is -2.38. The molecule has 1 N–H and O–H groups in total. The van der Waals surface area contributed by atoms with E-state index in [1.54, 1.807) is 0 Å². The van der Waals surface area contributed by atoms with Gasteiger partial charge in [-0.15, -0.1) is 0 Å². The molecule has 2 bridgehead atoms. The normalized spacial score (nSPS) is 28.7. The summed E-state index contributed by atoms with van der Waals surface area (Å²) in [6.07, 6.45) is 7.45. The number of hydrogen-bond acceptors (Lipinski definition) is 2. The smallest absolute Gasteiger partial charge is 0.303 e. The van der Waals surface area contributed by atoms with Crippen molar-refractivity contribution in [1.82, 2.24) is 4.90 Å². The highest BCUT2D eigenvalue weighted by Gasteiger charge is 2.40. The van der Waals surface area contributed by atoms with Gasteiger partial charge in [-0.05, 0) is 56.6 Å². The van der Waals surface area contributed by atoms with E-state index in [0.717, 1.165) is 19.3 Å². The highest BCUT2D eigenvalue weighted by molar-refractivity contribution is 5.67. The second-order valence-corrected chi connectivity index (χ2v) is 6.65. The van der Waals surface area contributed by atoms with Gasteiger partial charge in [-0.3, -0.25) is 9.69 Å². The van der Waals surface area contributed by atoms with E-state index < -0.39 is 5.97 Å². The van der Waals surface area contributed by atoms with Crippen LogP contribution >= 0.6 is 0 Å². The average molecular weight is 287 g/mol. The number of hydrogen-bond donors (Lipinski definition) is 1. The Morgan fingerprint density at radius 3 is 2.43 bits per heavy atom. The molecule has 114 valence electrons. The van der Waals surface area contributed by atoms with Crippen molar-refractivity contribution in [1.29, 1.82) is 0 Å². The van der Waals surface area contributed by atoms with Crippen LogP contribution in [0.5, 0.6) is 0 Å². The molecule has 2 atom stereocenters. The molecular weight excluding hydrogens is 262 g/mol. The highest BCUT2D eigenvalue weighted by Crippen LogP contribution is 2.39. The van der Waals surface area contributed by atoms with Gasteiger partial charge in [0.1, 0.15) is 0 Å². The van der Waals surface area contributed by atoms with Crippen molar-refractivity contribution >= 4 is 5.97 Å². The van der Waals surface area contributed by atoms with E-state index in [9.17, 15) is 4.79 Å². The summed E-state index contributed by atoms with van der Waals surface area (Å²) < 4.78 is 0. The van der Waals surface area contributed by atoms with E-state index >= 15 is 0 Å². The number of rotatable bonds is 6. The van der Waals surface area contributed by atoms with Crippen LogP contribution in [0, 0.1) is 5.92 Å². The Bertz CT molecular complexity index is 459. The van der Waals surface area contributed by atoms with Crippen molar-refractivity contribution in [3.8, 4) is 0 Å². The van der Waals surface area contributed by atoms with E-state index in [-0.39, 0.29) is 0 Å². The molecule has 0 spiro atoms. The molecule has 1 aromatic carbocycles. The van der Waals surface area contributed by atoms with Crippen LogP contribution in [0.3, 0.4) is 0 Å². The van der Waals surface area contributed by atoms with Gasteiger partial charge in [0.2, 0.25) is 0 Å². The highest BCUT2D eigenvalue weighted by atomic mass is 16.4. The quantitative estimate of drug-likeness (QED) is 0.872. The average Bonchev–Trinajstić information content (AvgIpc) is 2.70. The lowest BCUT2D eigenvalue weighted by molar-refractivity contribution is -0.138. The first-order valence-corrected chi connectivity index (χ1v) is 8.24. The molecule has 2 aliphatic heterocycles. The summed E-state index contributed by atoms with van der Waals surface area (Å²) in [4.78, 5) is 13.6. The van der Waals surface area contributed by atoms with Crippen LogP contribution in [0.15, 0.2) is 30.3 Å². The van der Waals surface area contributed by atoms with Crippen molar-refractivity contribution in [2.75, 3.05) is 6.54 Å². The Kier molecular flexibility index (Phi) is 4.59. The van der Waals surface area contributed by atoms with Crippen LogP contribution in [0.2, 0.25) is 0 Å². The Morgan fingerprint density at radius 1 is 1.14 bits per heavy atom. The molecule has 3 heteroatoms. The number of piperidine rings is 1. The third kappa shape index (κ3) is 3.65. The van der Waals surface area contributed by atoms with E-state index in [1.165, 1.54) is 31.4 Å². The van der Waals surface area contributed by atoms with E-state index in [2.05, 4.69) is 35.2 Å². The SMILES string of the molecule is O=C(O)CC1CC2CCC(C1)N2CCCc1ccccc1. The molecule has 2 heterocycles. The topological polar surface area (TPSA) is 40.5 Å². The van der Waals surface area contributed by atoms with Crippen molar-refractivity contribution in [3.63, 3.8) is 0 Å². The fourth-order valence-electron chi connectivity index (χ4n) is 4.28. The van der Waals surface area contributed by atoms with Gasteiger partial charge in [0.25, 0.3) is 0 Å². The van der Waals surface area contributed by atoms with Gasteiger partial charge in [0, 0.05) is 18.5 Å². The summed E-state index contributed by atoms with van der Waals surface area (Å²) in [5.74, 6) is -0.220. The minimum atomic E-state index is -0.628. The largest absolute Gasteiger partial charge is 0.481 e. The van der Waals surface area contributed by atoms with E-state index in [1.807, 2.05) is 0 Å². The van der Waals surface area contributed by atoms with E-state index in [0.29, 0.717) is 24.4 Å². The van der Waals surface area contributed by atoms with Gasteiger partial charge >= 0.3 is 5.97 Å². The summed E-state index contributed by atoms with van der Waals surface area (Å²) in [5, 5.41) is 8.98. The summed E-state index contributed by atoms with van der Waals surface area (Å²) in [6, 6.07) is 12.0. The van der Waals surface area contributed by atoms with Crippen LogP contribution in [-0.4, -0.2) is 34.6 Å². The third-order valence-corrected chi connectivity index (χ3v) is 5.17. The Balaban J connectivity index is 1.48. The first-order valence-electron chi connectivity index (χ1n) is 8.24. The van der Waals surface area contributed by atoms with Gasteiger partial charge in [0.05, 0.1) is 0 Å². The van der Waals surface area contributed by atoms with Gasteiger partial charge in [-0.2, -0.15) is 0 Å². The van der Waals surface area contributed by atoms with Crippen LogP contribution in [0.4, 0.5) is 0 Å². The minimum absolute atomic E-state index is 0.366. The number of benzene rings is 1. The number of aliphatic carboxylic acids is 1. The molecule has 3 nitrogen and oxygen atoms in total. The maximum absolute atomic E-state index is 10.9. The Morgan fingerprint density at radius 2 is 1.81 bits per heavy atom. The van der Waals surface area contributed by atoms with Crippen LogP contribution in [0.1, 0.15) is 44.1 Å². The maximum atomic E-state index is 10.9. The van der Waals surface area contributed by atoms with Crippen molar-refractivity contribution < 1.29 is 9.90 Å². The number of carbonyl (C=O) groups is 1. The van der Waals surface area contributed by atoms with Gasteiger partial charge in [-0.25, -0.2) is 0 Å². The summed E-state index contributed by atoms with van der Waals surface area (Å²) >= 11 is 0. The molecule has 3 rings (SSSR count). The molecule has 0 aromatic heterocycles. The monoisotopic (exact) mass is 287 g/mol. The van der Waals surface area contributed by atoms with Gasteiger partial charge in [-0.1, -0.05) is 30.3 Å². The molecular formula is C18H25NO2. The van der Waals surface area contributed by atoms with Gasteiger partial charge in [0.15, 0.2) is 0 Å². The lowest BCUT2D eigenvalue weighted by atomic mass is 9.88. The van der Waals surface area contributed by atoms with Gasteiger partial charge < -0.3 is 5.11 Å². The van der Waals surface area contributed by atoms with Crippen LogP contribution in [-0.2, 0) is 11.2 Å². The molecule has 0 saturated carbocycles. The first-order chi connectivity index (χ1) is 10.2. The molecule has 0 aliphatic carbocycles. The number of aryl methyl sites for hydroxylation is 1. The zero-order chi connectivity index (χ0) is 14.7. The predicted octanol–water partition coefficient (Wildman–Crippen LogP) is 3.34. The predicted molar refractivity (Wildman–Crippen MR) is 83.3 cm³/mol. The lowest BCUT2D eigenvalue weighted by Crippen LogP contribution is -2.43. The molecule has 2 fully saturated rings. The third-order valence-electron chi connectivity index (χ3n) is 5.17. The molecule has 21 heavy (non-hydrogen) atoms. The molecule has 0 amide bonds. The number of carboxylic acids is 1.